The SMILES string of the molecule is CCN(c1ccc(C(N)=O)cn1)C(C)(C)C(=O)O. The Morgan fingerprint density at radius 1 is 1.44 bits per heavy atom. The smallest absolute Gasteiger partial charge is 0.328 e. The van der Waals surface area contributed by atoms with Crippen molar-refractivity contribution in [1.29, 1.82) is 0 Å². The number of hydrogen-bond acceptors (Lipinski definition) is 4. The van der Waals surface area contributed by atoms with Gasteiger partial charge >= 0.3 is 5.97 Å². The number of nitrogens with two attached hydrogens (primary N) is 1. The van der Waals surface area contributed by atoms with E-state index >= 15 is 0 Å². The first-order chi connectivity index (χ1) is 8.30. The number of hydrogen-bond donors (Lipinski definition) is 2. The van der Waals surface area contributed by atoms with Crippen LogP contribution in [0.3, 0.4) is 0 Å². The zero-order valence-electron chi connectivity index (χ0n) is 10.7. The molecule has 18 heavy (non-hydrogen) atoms. The van der Waals surface area contributed by atoms with E-state index in [4.69, 9.17) is 5.73 Å². The summed E-state index contributed by atoms with van der Waals surface area (Å²) >= 11 is 0. The molecule has 6 nitrogen and oxygen atoms in total. The summed E-state index contributed by atoms with van der Waals surface area (Å²) in [6.45, 7) is 5.53. The number of primary amides is 1. The van der Waals surface area contributed by atoms with E-state index < -0.39 is 17.4 Å². The van der Waals surface area contributed by atoms with E-state index in [0.29, 0.717) is 17.9 Å². The largest absolute Gasteiger partial charge is 0.480 e. The Hall–Kier alpha value is -2.11. The predicted octanol–water partition coefficient (Wildman–Crippen LogP) is 0.870. The number of pyridine rings is 1. The van der Waals surface area contributed by atoms with Gasteiger partial charge in [-0.3, -0.25) is 4.79 Å². The van der Waals surface area contributed by atoms with Crippen molar-refractivity contribution in [1.82, 2.24) is 4.98 Å². The quantitative estimate of drug-likeness (QED) is 0.809. The zero-order chi connectivity index (χ0) is 13.9. The van der Waals surface area contributed by atoms with Crippen molar-refractivity contribution in [3.8, 4) is 0 Å². The molecule has 0 saturated heterocycles. The molecule has 0 fully saturated rings. The molecule has 0 radical (unpaired) electrons. The van der Waals surface area contributed by atoms with E-state index in [1.165, 1.54) is 12.3 Å². The minimum atomic E-state index is -1.07. The number of rotatable bonds is 5. The number of aliphatic carboxylic acids is 1. The van der Waals surface area contributed by atoms with Gasteiger partial charge in [0.25, 0.3) is 0 Å². The molecule has 1 aromatic heterocycles. The van der Waals surface area contributed by atoms with E-state index in [0.717, 1.165) is 0 Å². The molecule has 0 atom stereocenters. The molecule has 0 unspecified atom stereocenters. The fourth-order valence-electron chi connectivity index (χ4n) is 1.65. The number of carbonyl (C=O) groups is 2. The van der Waals surface area contributed by atoms with Crippen molar-refractivity contribution in [2.24, 2.45) is 5.73 Å². The molecule has 0 aliphatic heterocycles. The Bertz CT molecular complexity index is 454. The summed E-state index contributed by atoms with van der Waals surface area (Å²) in [5.74, 6) is -1.00. The van der Waals surface area contributed by atoms with Gasteiger partial charge in [0, 0.05) is 12.7 Å². The molecule has 1 aromatic rings. The highest BCUT2D eigenvalue weighted by atomic mass is 16.4. The number of carboxylic acid groups (broad SMARTS) is 1. The number of aromatic nitrogens is 1. The Morgan fingerprint density at radius 2 is 2.06 bits per heavy atom. The number of anilines is 1. The lowest BCUT2D eigenvalue weighted by atomic mass is 10.0. The average molecular weight is 251 g/mol. The first-order valence-electron chi connectivity index (χ1n) is 5.57. The zero-order valence-corrected chi connectivity index (χ0v) is 10.7. The summed E-state index contributed by atoms with van der Waals surface area (Å²) in [5, 5.41) is 9.20. The summed E-state index contributed by atoms with van der Waals surface area (Å²) in [7, 11) is 0. The van der Waals surface area contributed by atoms with Gasteiger partial charge in [-0.15, -0.1) is 0 Å². The fraction of sp³-hybridized carbons (Fsp3) is 0.417. The number of likely N-dealkylation sites (N-methyl/N-ethyl adjacent to an activating group) is 1. The first kappa shape index (κ1) is 14.0. The van der Waals surface area contributed by atoms with Crippen molar-refractivity contribution in [2.45, 2.75) is 26.3 Å². The van der Waals surface area contributed by atoms with Gasteiger partial charge in [0.1, 0.15) is 11.4 Å². The molecule has 3 N–H and O–H groups in total. The molecule has 1 rings (SSSR count). The van der Waals surface area contributed by atoms with Crippen molar-refractivity contribution >= 4 is 17.7 Å². The number of carbonyl (C=O) groups excluding carboxylic acids is 1. The van der Waals surface area contributed by atoms with Gasteiger partial charge in [-0.25, -0.2) is 9.78 Å². The maximum Gasteiger partial charge on any atom is 0.328 e. The summed E-state index contributed by atoms with van der Waals surface area (Å²) in [6, 6.07) is 3.12. The third-order valence-corrected chi connectivity index (χ3v) is 2.82. The van der Waals surface area contributed by atoms with Crippen LogP contribution in [0.2, 0.25) is 0 Å². The number of carboxylic acids is 1. The summed E-state index contributed by atoms with van der Waals surface area (Å²) in [6.07, 6.45) is 1.35. The molecule has 0 aliphatic rings. The summed E-state index contributed by atoms with van der Waals surface area (Å²) in [5.41, 5.74) is 4.34. The molecule has 1 heterocycles. The van der Waals surface area contributed by atoms with E-state index in [-0.39, 0.29) is 0 Å². The molecular formula is C12H17N3O3. The molecule has 0 saturated carbocycles. The van der Waals surface area contributed by atoms with Crippen LogP contribution >= 0.6 is 0 Å². The molecule has 0 bridgehead atoms. The maximum atomic E-state index is 11.2. The van der Waals surface area contributed by atoms with E-state index in [1.807, 2.05) is 6.92 Å². The highest BCUT2D eigenvalue weighted by Crippen LogP contribution is 2.22. The Balaban J connectivity index is 3.10. The lowest BCUT2D eigenvalue weighted by Gasteiger charge is -2.35. The van der Waals surface area contributed by atoms with Gasteiger partial charge in [0.15, 0.2) is 0 Å². The third-order valence-electron chi connectivity index (χ3n) is 2.82. The number of amides is 1. The average Bonchev–Trinajstić information content (AvgIpc) is 2.30. The first-order valence-corrected chi connectivity index (χ1v) is 5.57. The van der Waals surface area contributed by atoms with Gasteiger partial charge in [-0.05, 0) is 32.9 Å². The number of nitrogens with zero attached hydrogens (tertiary/aromatic N) is 2. The monoisotopic (exact) mass is 251 g/mol. The lowest BCUT2D eigenvalue weighted by Crippen LogP contribution is -2.50. The van der Waals surface area contributed by atoms with Gasteiger partial charge in [-0.1, -0.05) is 0 Å². The van der Waals surface area contributed by atoms with Crippen LogP contribution in [0.1, 0.15) is 31.1 Å². The van der Waals surface area contributed by atoms with Crippen LogP contribution in [-0.2, 0) is 4.79 Å². The van der Waals surface area contributed by atoms with Gasteiger partial charge in [0.2, 0.25) is 5.91 Å². The lowest BCUT2D eigenvalue weighted by molar-refractivity contribution is -0.142. The molecule has 0 spiro atoms. The summed E-state index contributed by atoms with van der Waals surface area (Å²) in [4.78, 5) is 27.9. The van der Waals surface area contributed by atoms with E-state index in [2.05, 4.69) is 4.98 Å². The Kier molecular flexibility index (Phi) is 3.90. The minimum Gasteiger partial charge on any atom is -0.480 e. The second kappa shape index (κ2) is 5.03. The van der Waals surface area contributed by atoms with Crippen molar-refractivity contribution in [3.05, 3.63) is 23.9 Å². The van der Waals surface area contributed by atoms with Gasteiger partial charge < -0.3 is 15.7 Å². The standard InChI is InChI=1S/C12H17N3O3/c1-4-15(12(2,3)11(17)18)9-6-5-8(7-14-9)10(13)16/h5-7H,4H2,1-3H3,(H2,13,16)(H,17,18). The molecule has 6 heteroatoms. The molecular weight excluding hydrogens is 234 g/mol. The fourth-order valence-corrected chi connectivity index (χ4v) is 1.65. The van der Waals surface area contributed by atoms with Crippen LogP contribution in [0.4, 0.5) is 5.82 Å². The molecule has 1 amide bonds. The molecule has 0 aliphatic carbocycles. The van der Waals surface area contributed by atoms with E-state index in [9.17, 15) is 14.7 Å². The van der Waals surface area contributed by atoms with Gasteiger partial charge in [-0.2, -0.15) is 0 Å². The maximum absolute atomic E-state index is 11.2. The van der Waals surface area contributed by atoms with Crippen LogP contribution in [0.5, 0.6) is 0 Å². The topological polar surface area (TPSA) is 96.5 Å². The Labute approximate surface area is 105 Å². The van der Waals surface area contributed by atoms with Crippen molar-refractivity contribution < 1.29 is 14.7 Å². The van der Waals surface area contributed by atoms with Crippen LogP contribution in [-0.4, -0.2) is 34.1 Å². The second-order valence-electron chi connectivity index (χ2n) is 4.38. The van der Waals surface area contributed by atoms with Crippen LogP contribution in [0.15, 0.2) is 18.3 Å². The predicted molar refractivity (Wildman–Crippen MR) is 67.5 cm³/mol. The normalized spacial score (nSPS) is 11.1. The van der Waals surface area contributed by atoms with Crippen LogP contribution in [0, 0.1) is 0 Å². The van der Waals surface area contributed by atoms with Crippen LogP contribution < -0.4 is 10.6 Å². The highest BCUT2D eigenvalue weighted by molar-refractivity contribution is 5.92. The Morgan fingerprint density at radius 3 is 2.39 bits per heavy atom. The van der Waals surface area contributed by atoms with Crippen LogP contribution in [0.25, 0.3) is 0 Å². The highest BCUT2D eigenvalue weighted by Gasteiger charge is 2.34. The van der Waals surface area contributed by atoms with Crippen molar-refractivity contribution in [3.63, 3.8) is 0 Å². The summed E-state index contributed by atoms with van der Waals surface area (Å²) < 4.78 is 0. The van der Waals surface area contributed by atoms with Crippen molar-refractivity contribution in [2.75, 3.05) is 11.4 Å². The van der Waals surface area contributed by atoms with E-state index in [1.54, 1.807) is 24.8 Å². The molecule has 0 aromatic carbocycles. The second-order valence-corrected chi connectivity index (χ2v) is 4.38. The third kappa shape index (κ3) is 2.58. The molecule has 98 valence electrons. The van der Waals surface area contributed by atoms with Gasteiger partial charge in [0.05, 0.1) is 5.56 Å². The minimum absolute atomic E-state index is 0.294.